The van der Waals surface area contributed by atoms with E-state index in [0.29, 0.717) is 0 Å². The molecule has 238 valence electrons. The molecule has 0 N–H and O–H groups in total. The number of aromatic nitrogens is 2. The summed E-state index contributed by atoms with van der Waals surface area (Å²) in [6.07, 6.45) is 0. The fraction of sp³-hybridized carbons (Fsp3) is 0.0870. The van der Waals surface area contributed by atoms with Crippen LogP contribution in [-0.2, 0) is 0 Å². The third-order valence-electron chi connectivity index (χ3n) is 11.0. The molecule has 4 heterocycles. The fourth-order valence-electron chi connectivity index (χ4n) is 8.93. The van der Waals surface area contributed by atoms with Gasteiger partial charge < -0.3 is 0 Å². The van der Waals surface area contributed by atoms with E-state index in [9.17, 15) is 0 Å². The molecule has 0 amide bonds. The molecule has 0 aliphatic heterocycles. The van der Waals surface area contributed by atoms with Crippen LogP contribution < -0.4 is 0 Å². The van der Waals surface area contributed by atoms with E-state index in [1.807, 2.05) is 11.3 Å². The van der Waals surface area contributed by atoms with Crippen molar-refractivity contribution in [1.82, 2.24) is 8.80 Å². The van der Waals surface area contributed by atoms with Crippen LogP contribution in [0.15, 0.2) is 121 Å². The summed E-state index contributed by atoms with van der Waals surface area (Å²) in [6, 6.07) is 46.0. The van der Waals surface area contributed by atoms with Crippen molar-refractivity contribution in [2.24, 2.45) is 0 Å². The molecule has 11 rings (SSSR count). The van der Waals surface area contributed by atoms with Gasteiger partial charge in [0.25, 0.3) is 0 Å². The molecule has 0 radical (unpaired) electrons. The van der Waals surface area contributed by atoms with Crippen molar-refractivity contribution < 1.29 is 0 Å². The predicted molar refractivity (Wildman–Crippen MR) is 218 cm³/mol. The molecule has 0 unspecified atom stereocenters. The Morgan fingerprint density at radius 3 is 1.66 bits per heavy atom. The maximum atomic E-state index is 2.62. The van der Waals surface area contributed by atoms with E-state index < -0.39 is 20.4 Å². The Bertz CT molecular complexity index is 2990. The SMILES string of the molecule is Cc1cccc(C)c1-c1ccc2c(c1)c1c3[te]c4ccccc4n4c5ccc(-c6c(C)cccc6C)cc5c(c5sc6ccccc6n2c51)c34. The molecule has 4 aromatic heterocycles. The Hall–Kier alpha value is -4.85. The molecule has 0 aliphatic carbocycles. The molecule has 2 nitrogen and oxygen atoms in total. The molecule has 0 aliphatic rings. The number of nitrogens with zero attached hydrogens (tertiary/aromatic N) is 2. The first-order valence-corrected chi connectivity index (χ1v) is 20.4. The monoisotopic (exact) mass is 774 g/mol. The fourth-order valence-corrected chi connectivity index (χ4v) is 13.7. The van der Waals surface area contributed by atoms with E-state index in [-0.39, 0.29) is 0 Å². The predicted octanol–water partition coefficient (Wildman–Crippen LogP) is 12.8. The summed E-state index contributed by atoms with van der Waals surface area (Å²) >= 11 is 1.25. The third-order valence-corrected chi connectivity index (χ3v) is 15.5. The van der Waals surface area contributed by atoms with E-state index in [2.05, 4.69) is 158 Å². The van der Waals surface area contributed by atoms with Crippen LogP contribution in [0.25, 0.3) is 93.1 Å². The van der Waals surface area contributed by atoms with Crippen LogP contribution in [0.1, 0.15) is 22.3 Å². The second kappa shape index (κ2) is 10.3. The molecule has 11 aromatic rings. The van der Waals surface area contributed by atoms with Gasteiger partial charge in [-0.2, -0.15) is 0 Å². The van der Waals surface area contributed by atoms with Crippen LogP contribution in [0.4, 0.5) is 0 Å². The number of rotatable bonds is 2. The van der Waals surface area contributed by atoms with Crippen molar-refractivity contribution in [3.05, 3.63) is 144 Å². The minimum atomic E-state index is -0.713. The summed E-state index contributed by atoms with van der Waals surface area (Å²) in [5.74, 6) is 0. The molecule has 4 heteroatoms. The van der Waals surface area contributed by atoms with Crippen molar-refractivity contribution >= 4 is 103 Å². The Morgan fingerprint density at radius 1 is 0.480 bits per heavy atom. The first-order valence-electron chi connectivity index (χ1n) is 17.3. The second-order valence-electron chi connectivity index (χ2n) is 13.9. The van der Waals surface area contributed by atoms with E-state index in [1.54, 1.807) is 3.40 Å². The Morgan fingerprint density at radius 2 is 1.02 bits per heavy atom. The van der Waals surface area contributed by atoms with E-state index in [1.165, 1.54) is 112 Å². The minimum absolute atomic E-state index is 0.713. The zero-order valence-electron chi connectivity index (χ0n) is 28.3. The molecule has 0 saturated carbocycles. The van der Waals surface area contributed by atoms with Crippen LogP contribution in [-0.4, -0.2) is 29.2 Å². The first-order chi connectivity index (χ1) is 24.5. The summed E-state index contributed by atoms with van der Waals surface area (Å²) in [5.41, 5.74) is 18.6. The standard InChI is InChI=1S/C46H32N2STe/c1-25-11-9-12-26(2)39(25)29-19-21-33-31(23-29)41-44-46(50-38-18-8-6-16-36(38)48(33)44)42-32-24-30(40-27(3)13-10-14-28(40)4)20-22-34(32)47-35-15-5-7-17-37(35)49-45(41)43(42)47/h5-24H,1-4H3. The molecular weight excluding hydrogens is 740 g/mol. The van der Waals surface area contributed by atoms with Gasteiger partial charge >= 0.3 is 305 Å². The average Bonchev–Trinajstić information content (AvgIpc) is 3.65. The van der Waals surface area contributed by atoms with Crippen molar-refractivity contribution in [3.63, 3.8) is 0 Å². The van der Waals surface area contributed by atoms with Crippen molar-refractivity contribution in [3.8, 4) is 22.3 Å². The van der Waals surface area contributed by atoms with Gasteiger partial charge in [0.1, 0.15) is 0 Å². The molecule has 0 saturated heterocycles. The van der Waals surface area contributed by atoms with Gasteiger partial charge in [-0.15, -0.1) is 0 Å². The quantitative estimate of drug-likeness (QED) is 0.122. The summed E-state index contributed by atoms with van der Waals surface area (Å²) in [6.45, 7) is 8.98. The van der Waals surface area contributed by atoms with Gasteiger partial charge in [-0.1, -0.05) is 0 Å². The van der Waals surface area contributed by atoms with Gasteiger partial charge in [-0.05, 0) is 0 Å². The van der Waals surface area contributed by atoms with E-state index in [0.717, 1.165) is 0 Å². The molecule has 0 bridgehead atoms. The van der Waals surface area contributed by atoms with Gasteiger partial charge in [0.15, 0.2) is 0 Å². The number of hydrogen-bond acceptors (Lipinski definition) is 1. The number of para-hydroxylation sites is 2. The Balaban J connectivity index is 1.43. The second-order valence-corrected chi connectivity index (χ2v) is 18.0. The van der Waals surface area contributed by atoms with Crippen LogP contribution in [0.5, 0.6) is 0 Å². The third kappa shape index (κ3) is 3.74. The molecule has 50 heavy (non-hydrogen) atoms. The normalized spacial score (nSPS) is 12.4. The van der Waals surface area contributed by atoms with E-state index in [4.69, 9.17) is 0 Å². The summed E-state index contributed by atoms with van der Waals surface area (Å²) in [4.78, 5) is 0. The number of hydrogen-bond donors (Lipinski definition) is 0. The Labute approximate surface area is 303 Å². The van der Waals surface area contributed by atoms with E-state index >= 15 is 0 Å². The van der Waals surface area contributed by atoms with Crippen LogP contribution in [0.2, 0.25) is 0 Å². The van der Waals surface area contributed by atoms with Crippen molar-refractivity contribution in [2.75, 3.05) is 0 Å². The topological polar surface area (TPSA) is 8.82 Å². The van der Waals surface area contributed by atoms with Crippen LogP contribution in [0, 0.1) is 27.7 Å². The summed E-state index contributed by atoms with van der Waals surface area (Å²) < 4.78 is 11.0. The van der Waals surface area contributed by atoms with Crippen LogP contribution >= 0.6 is 11.3 Å². The van der Waals surface area contributed by atoms with Crippen LogP contribution in [0.3, 0.4) is 0 Å². The summed E-state index contributed by atoms with van der Waals surface area (Å²) in [7, 11) is 0. The molecule has 0 atom stereocenters. The van der Waals surface area contributed by atoms with Crippen molar-refractivity contribution in [2.45, 2.75) is 27.7 Å². The first kappa shape index (κ1) is 28.9. The van der Waals surface area contributed by atoms with Gasteiger partial charge in [0.2, 0.25) is 0 Å². The number of aryl methyl sites for hydroxylation is 4. The number of benzene rings is 7. The number of fused-ring (bicyclic) bond motifs is 12. The Kier molecular flexibility index (Phi) is 5.99. The molecular formula is C46H32N2STe. The van der Waals surface area contributed by atoms with Gasteiger partial charge in [-0.3, -0.25) is 0 Å². The summed E-state index contributed by atoms with van der Waals surface area (Å²) in [5, 5.41) is 5.58. The van der Waals surface area contributed by atoms with Gasteiger partial charge in [0, 0.05) is 0 Å². The zero-order valence-corrected chi connectivity index (χ0v) is 31.4. The zero-order chi connectivity index (χ0) is 33.4. The average molecular weight is 772 g/mol. The van der Waals surface area contributed by atoms with Gasteiger partial charge in [-0.25, -0.2) is 0 Å². The molecule has 0 spiro atoms. The maximum absolute atomic E-state index is 2.62. The molecule has 0 fully saturated rings. The van der Waals surface area contributed by atoms with Gasteiger partial charge in [0.05, 0.1) is 0 Å². The van der Waals surface area contributed by atoms with Crippen molar-refractivity contribution in [1.29, 1.82) is 0 Å². The molecule has 7 aromatic carbocycles.